The number of hydrogen-bond acceptors (Lipinski definition) is 5. The molecule has 1 atom stereocenters. The van der Waals surface area contributed by atoms with Crippen molar-refractivity contribution in [3.63, 3.8) is 0 Å². The zero-order valence-corrected chi connectivity index (χ0v) is 16.8. The molecule has 0 aliphatic carbocycles. The van der Waals surface area contributed by atoms with Crippen LogP contribution in [0.1, 0.15) is 28.4 Å². The Morgan fingerprint density at radius 1 is 0.931 bits per heavy atom. The number of methoxy groups -OCH3 is 3. The Morgan fingerprint density at radius 2 is 1.66 bits per heavy atom. The number of hydrogen-bond donors (Lipinski definition) is 2. The summed E-state index contributed by atoms with van der Waals surface area (Å²) in [4.78, 5) is 12.7. The summed E-state index contributed by atoms with van der Waals surface area (Å²) in [5.74, 6) is 0.831. The predicted octanol–water partition coefficient (Wildman–Crippen LogP) is 3.72. The van der Waals surface area contributed by atoms with Crippen molar-refractivity contribution in [2.75, 3.05) is 27.9 Å². The van der Waals surface area contributed by atoms with Gasteiger partial charge in [0.05, 0.1) is 33.0 Å². The number of amides is 1. The van der Waals surface area contributed by atoms with Gasteiger partial charge in [0, 0.05) is 6.54 Å². The Labute approximate surface area is 170 Å². The molecule has 0 aliphatic rings. The third kappa shape index (κ3) is 4.27. The van der Waals surface area contributed by atoms with E-state index in [1.807, 2.05) is 42.5 Å². The van der Waals surface area contributed by atoms with Gasteiger partial charge in [0.1, 0.15) is 0 Å². The first kappa shape index (κ1) is 20.5. The normalized spacial score (nSPS) is 11.7. The minimum absolute atomic E-state index is 0.305. The van der Waals surface area contributed by atoms with E-state index < -0.39 is 6.10 Å². The molecule has 2 N–H and O–H groups in total. The van der Waals surface area contributed by atoms with E-state index in [2.05, 4.69) is 5.32 Å². The zero-order valence-electron chi connectivity index (χ0n) is 16.8. The average molecular weight is 395 g/mol. The third-order valence-electron chi connectivity index (χ3n) is 4.83. The van der Waals surface area contributed by atoms with Crippen LogP contribution in [-0.2, 0) is 0 Å². The van der Waals surface area contributed by atoms with Gasteiger partial charge in [0.2, 0.25) is 5.75 Å². The second kappa shape index (κ2) is 9.30. The van der Waals surface area contributed by atoms with E-state index in [1.165, 1.54) is 21.3 Å². The van der Waals surface area contributed by atoms with E-state index in [9.17, 15) is 9.90 Å². The van der Waals surface area contributed by atoms with Gasteiger partial charge in [-0.25, -0.2) is 0 Å². The molecule has 0 aromatic heterocycles. The van der Waals surface area contributed by atoms with Crippen LogP contribution in [0.2, 0.25) is 0 Å². The minimum Gasteiger partial charge on any atom is -0.493 e. The average Bonchev–Trinajstić information content (AvgIpc) is 2.77. The fourth-order valence-electron chi connectivity index (χ4n) is 3.39. The van der Waals surface area contributed by atoms with E-state index >= 15 is 0 Å². The van der Waals surface area contributed by atoms with Gasteiger partial charge in [0.15, 0.2) is 11.5 Å². The van der Waals surface area contributed by atoms with Crippen molar-refractivity contribution in [1.82, 2.24) is 5.32 Å². The Morgan fingerprint density at radius 3 is 2.38 bits per heavy atom. The van der Waals surface area contributed by atoms with E-state index in [-0.39, 0.29) is 5.91 Å². The molecule has 0 saturated heterocycles. The van der Waals surface area contributed by atoms with Gasteiger partial charge >= 0.3 is 0 Å². The smallest absolute Gasteiger partial charge is 0.255 e. The lowest BCUT2D eigenvalue weighted by molar-refractivity contribution is 0.0939. The summed E-state index contributed by atoms with van der Waals surface area (Å²) in [6.07, 6.45) is -0.302. The van der Waals surface area contributed by atoms with Crippen LogP contribution in [0.5, 0.6) is 17.2 Å². The van der Waals surface area contributed by atoms with Crippen LogP contribution in [0.4, 0.5) is 0 Å². The highest BCUT2D eigenvalue weighted by molar-refractivity contribution is 5.98. The monoisotopic (exact) mass is 395 g/mol. The minimum atomic E-state index is -0.686. The SMILES string of the molecule is COc1ccc(C(=O)NCCC(O)c2cccc3ccccc23)c(OC)c1OC. The predicted molar refractivity (Wildman–Crippen MR) is 112 cm³/mol. The molecule has 0 fully saturated rings. The molecule has 3 aromatic carbocycles. The maximum absolute atomic E-state index is 12.7. The van der Waals surface area contributed by atoms with Crippen molar-refractivity contribution in [2.24, 2.45) is 0 Å². The van der Waals surface area contributed by atoms with E-state index in [0.29, 0.717) is 35.8 Å². The highest BCUT2D eigenvalue weighted by atomic mass is 16.5. The molecule has 0 spiro atoms. The highest BCUT2D eigenvalue weighted by Crippen LogP contribution is 2.39. The molecule has 3 aromatic rings. The summed E-state index contributed by atoms with van der Waals surface area (Å²) in [6.45, 7) is 0.306. The number of nitrogens with one attached hydrogen (secondary N) is 1. The molecule has 1 unspecified atom stereocenters. The molecular formula is C23H25NO5. The van der Waals surface area contributed by atoms with Gasteiger partial charge in [-0.3, -0.25) is 4.79 Å². The zero-order chi connectivity index (χ0) is 20.8. The summed E-state index contributed by atoms with van der Waals surface area (Å²) >= 11 is 0. The van der Waals surface area contributed by atoms with Gasteiger partial charge in [-0.05, 0) is 34.9 Å². The second-order valence-electron chi connectivity index (χ2n) is 6.51. The van der Waals surface area contributed by atoms with Crippen molar-refractivity contribution in [2.45, 2.75) is 12.5 Å². The molecule has 1 amide bonds. The summed E-state index contributed by atoms with van der Waals surface area (Å²) in [5, 5.41) is 15.6. The molecule has 29 heavy (non-hydrogen) atoms. The van der Waals surface area contributed by atoms with E-state index in [4.69, 9.17) is 14.2 Å². The summed E-state index contributed by atoms with van der Waals surface area (Å²) in [5.41, 5.74) is 1.19. The number of benzene rings is 3. The van der Waals surface area contributed by atoms with Crippen molar-refractivity contribution in [1.29, 1.82) is 0 Å². The molecule has 6 nitrogen and oxygen atoms in total. The lowest BCUT2D eigenvalue weighted by Gasteiger charge is -2.17. The second-order valence-corrected chi connectivity index (χ2v) is 6.51. The lowest BCUT2D eigenvalue weighted by Crippen LogP contribution is -2.26. The Kier molecular flexibility index (Phi) is 6.57. The third-order valence-corrected chi connectivity index (χ3v) is 4.83. The Hall–Kier alpha value is -3.25. The fraction of sp³-hybridized carbons (Fsp3) is 0.261. The van der Waals surface area contributed by atoms with Gasteiger partial charge in [-0.2, -0.15) is 0 Å². The molecule has 0 saturated carbocycles. The van der Waals surface area contributed by atoms with E-state index in [0.717, 1.165) is 16.3 Å². The standard InChI is InChI=1S/C23H25NO5/c1-27-20-12-11-18(21(28-2)22(20)29-3)23(26)24-14-13-19(25)17-10-6-8-15-7-4-5-9-16(15)17/h4-12,19,25H,13-14H2,1-3H3,(H,24,26). The van der Waals surface area contributed by atoms with Crippen LogP contribution in [0.15, 0.2) is 54.6 Å². The Bertz CT molecular complexity index is 996. The summed E-state index contributed by atoms with van der Waals surface area (Å²) in [6, 6.07) is 17.0. The Balaban J connectivity index is 1.70. The first-order chi connectivity index (χ1) is 14.1. The lowest BCUT2D eigenvalue weighted by atomic mass is 9.99. The van der Waals surface area contributed by atoms with Crippen molar-refractivity contribution in [3.05, 3.63) is 65.7 Å². The van der Waals surface area contributed by atoms with Crippen LogP contribution in [-0.4, -0.2) is 38.9 Å². The first-order valence-electron chi connectivity index (χ1n) is 9.33. The molecular weight excluding hydrogens is 370 g/mol. The van der Waals surface area contributed by atoms with Crippen LogP contribution < -0.4 is 19.5 Å². The summed E-state index contributed by atoms with van der Waals surface area (Å²) < 4.78 is 15.9. The highest BCUT2D eigenvalue weighted by Gasteiger charge is 2.21. The molecule has 0 radical (unpaired) electrons. The number of aliphatic hydroxyl groups is 1. The maximum Gasteiger partial charge on any atom is 0.255 e. The molecule has 6 heteroatoms. The molecule has 0 aliphatic heterocycles. The molecule has 0 heterocycles. The van der Waals surface area contributed by atoms with Crippen molar-refractivity contribution >= 4 is 16.7 Å². The van der Waals surface area contributed by atoms with Crippen LogP contribution in [0, 0.1) is 0 Å². The van der Waals surface area contributed by atoms with Gasteiger partial charge in [-0.15, -0.1) is 0 Å². The van der Waals surface area contributed by atoms with Crippen molar-refractivity contribution < 1.29 is 24.1 Å². The van der Waals surface area contributed by atoms with E-state index in [1.54, 1.807) is 12.1 Å². The number of rotatable bonds is 8. The van der Waals surface area contributed by atoms with Gasteiger partial charge < -0.3 is 24.6 Å². The van der Waals surface area contributed by atoms with Crippen LogP contribution >= 0.6 is 0 Å². The number of ether oxygens (including phenoxy) is 3. The van der Waals surface area contributed by atoms with Crippen LogP contribution in [0.25, 0.3) is 10.8 Å². The van der Waals surface area contributed by atoms with Gasteiger partial charge in [0.25, 0.3) is 5.91 Å². The van der Waals surface area contributed by atoms with Gasteiger partial charge in [-0.1, -0.05) is 42.5 Å². The number of carbonyl (C=O) groups excluding carboxylic acids is 1. The quantitative estimate of drug-likeness (QED) is 0.608. The summed E-state index contributed by atoms with van der Waals surface area (Å²) in [7, 11) is 4.48. The first-order valence-corrected chi connectivity index (χ1v) is 9.33. The number of carbonyl (C=O) groups is 1. The molecule has 3 rings (SSSR count). The topological polar surface area (TPSA) is 77.0 Å². The largest absolute Gasteiger partial charge is 0.493 e. The van der Waals surface area contributed by atoms with Crippen molar-refractivity contribution in [3.8, 4) is 17.2 Å². The number of aliphatic hydroxyl groups excluding tert-OH is 1. The number of fused-ring (bicyclic) bond motifs is 1. The molecule has 0 bridgehead atoms. The molecule has 152 valence electrons. The van der Waals surface area contributed by atoms with Crippen LogP contribution in [0.3, 0.4) is 0 Å². The maximum atomic E-state index is 12.7. The fourth-order valence-corrected chi connectivity index (χ4v) is 3.39.